The van der Waals surface area contributed by atoms with Gasteiger partial charge in [-0.25, -0.2) is 0 Å². The molecule has 1 aliphatic rings. The van der Waals surface area contributed by atoms with Gasteiger partial charge in [-0.15, -0.1) is 0 Å². The van der Waals surface area contributed by atoms with E-state index in [0.29, 0.717) is 18.0 Å². The van der Waals surface area contributed by atoms with Crippen LogP contribution in [0.1, 0.15) is 13.3 Å². The van der Waals surface area contributed by atoms with Gasteiger partial charge in [0, 0.05) is 13.1 Å². The summed E-state index contributed by atoms with van der Waals surface area (Å²) in [6.45, 7) is 3.27. The van der Waals surface area contributed by atoms with Gasteiger partial charge in [0.05, 0.1) is 23.9 Å². The minimum Gasteiger partial charge on any atom is -0.495 e. The molecule has 0 aromatic heterocycles. The SMILES string of the molecule is COc1cccc(N2CCC(C)(C(N)=O)C2)c1N. The van der Waals surface area contributed by atoms with E-state index < -0.39 is 5.41 Å². The fourth-order valence-electron chi connectivity index (χ4n) is 2.35. The van der Waals surface area contributed by atoms with Gasteiger partial charge in [0.2, 0.25) is 5.91 Å². The number of para-hydroxylation sites is 1. The monoisotopic (exact) mass is 249 g/mol. The van der Waals surface area contributed by atoms with Crippen LogP contribution in [0.2, 0.25) is 0 Å². The smallest absolute Gasteiger partial charge is 0.225 e. The second-order valence-electron chi connectivity index (χ2n) is 4.99. The third kappa shape index (κ3) is 1.96. The third-order valence-corrected chi connectivity index (χ3v) is 3.67. The van der Waals surface area contributed by atoms with Crippen molar-refractivity contribution >= 4 is 17.3 Å². The average molecular weight is 249 g/mol. The van der Waals surface area contributed by atoms with Crippen LogP contribution in [-0.2, 0) is 4.79 Å². The van der Waals surface area contributed by atoms with Crippen molar-refractivity contribution in [2.45, 2.75) is 13.3 Å². The highest BCUT2D eigenvalue weighted by atomic mass is 16.5. The average Bonchev–Trinajstić information content (AvgIpc) is 2.73. The topological polar surface area (TPSA) is 81.6 Å². The molecule has 0 bridgehead atoms. The molecule has 0 radical (unpaired) electrons. The molecule has 1 unspecified atom stereocenters. The Morgan fingerprint density at radius 3 is 2.78 bits per heavy atom. The van der Waals surface area contributed by atoms with E-state index >= 15 is 0 Å². The maximum Gasteiger partial charge on any atom is 0.225 e. The van der Waals surface area contributed by atoms with Crippen LogP contribution < -0.4 is 21.1 Å². The molecule has 1 atom stereocenters. The largest absolute Gasteiger partial charge is 0.495 e. The van der Waals surface area contributed by atoms with Gasteiger partial charge in [-0.2, -0.15) is 0 Å². The van der Waals surface area contributed by atoms with E-state index in [9.17, 15) is 4.79 Å². The molecule has 4 N–H and O–H groups in total. The zero-order valence-electron chi connectivity index (χ0n) is 10.8. The number of amides is 1. The van der Waals surface area contributed by atoms with Crippen LogP contribution in [0.15, 0.2) is 18.2 Å². The Labute approximate surface area is 107 Å². The quantitative estimate of drug-likeness (QED) is 0.782. The van der Waals surface area contributed by atoms with Crippen LogP contribution in [0, 0.1) is 5.41 Å². The number of carbonyl (C=O) groups is 1. The van der Waals surface area contributed by atoms with Crippen molar-refractivity contribution in [1.29, 1.82) is 0 Å². The predicted octanol–water partition coefficient (Wildman–Crippen LogP) is 0.979. The molecule has 0 spiro atoms. The summed E-state index contributed by atoms with van der Waals surface area (Å²) in [7, 11) is 1.59. The molecule has 98 valence electrons. The van der Waals surface area contributed by atoms with E-state index in [-0.39, 0.29) is 5.91 Å². The normalized spacial score (nSPS) is 23.1. The molecule has 1 amide bonds. The predicted molar refractivity (Wildman–Crippen MR) is 71.5 cm³/mol. The molecule has 5 nitrogen and oxygen atoms in total. The Morgan fingerprint density at radius 1 is 1.50 bits per heavy atom. The van der Waals surface area contributed by atoms with E-state index in [0.717, 1.165) is 18.7 Å². The summed E-state index contributed by atoms with van der Waals surface area (Å²) in [6, 6.07) is 5.65. The third-order valence-electron chi connectivity index (χ3n) is 3.67. The summed E-state index contributed by atoms with van der Waals surface area (Å²) in [6.07, 6.45) is 0.749. The molecule has 18 heavy (non-hydrogen) atoms. The molecule has 1 aromatic rings. The number of hydrogen-bond donors (Lipinski definition) is 2. The van der Waals surface area contributed by atoms with Crippen molar-refractivity contribution in [1.82, 2.24) is 0 Å². The number of nitrogens with two attached hydrogens (primary N) is 2. The van der Waals surface area contributed by atoms with Crippen molar-refractivity contribution in [3.8, 4) is 5.75 Å². The highest BCUT2D eigenvalue weighted by molar-refractivity contribution is 5.83. The van der Waals surface area contributed by atoms with Crippen LogP contribution in [-0.4, -0.2) is 26.1 Å². The summed E-state index contributed by atoms with van der Waals surface area (Å²) in [4.78, 5) is 13.5. The zero-order chi connectivity index (χ0) is 13.3. The van der Waals surface area contributed by atoms with Crippen molar-refractivity contribution in [2.24, 2.45) is 11.1 Å². The molecule has 0 saturated carbocycles. The molecule has 0 aliphatic carbocycles. The van der Waals surface area contributed by atoms with E-state index in [2.05, 4.69) is 4.90 Å². The highest BCUT2D eigenvalue weighted by Gasteiger charge is 2.39. The van der Waals surface area contributed by atoms with Gasteiger partial charge in [-0.05, 0) is 25.5 Å². The zero-order valence-corrected chi connectivity index (χ0v) is 10.8. The number of nitrogen functional groups attached to an aromatic ring is 1. The fraction of sp³-hybridized carbons (Fsp3) is 0.462. The first-order valence-electron chi connectivity index (χ1n) is 5.95. The highest BCUT2D eigenvalue weighted by Crippen LogP contribution is 2.38. The molecular formula is C13H19N3O2. The van der Waals surface area contributed by atoms with Crippen LogP contribution in [0.3, 0.4) is 0 Å². The molecular weight excluding hydrogens is 230 g/mol. The second-order valence-corrected chi connectivity index (χ2v) is 4.99. The molecule has 1 heterocycles. The van der Waals surface area contributed by atoms with Crippen molar-refractivity contribution in [3.05, 3.63) is 18.2 Å². The first-order chi connectivity index (χ1) is 8.48. The summed E-state index contributed by atoms with van der Waals surface area (Å²) in [5.41, 5.74) is 12.5. The van der Waals surface area contributed by atoms with E-state index in [1.54, 1.807) is 7.11 Å². The van der Waals surface area contributed by atoms with Gasteiger partial charge in [0.15, 0.2) is 0 Å². The van der Waals surface area contributed by atoms with Crippen molar-refractivity contribution in [3.63, 3.8) is 0 Å². The molecule has 1 saturated heterocycles. The first-order valence-corrected chi connectivity index (χ1v) is 5.95. The fourth-order valence-corrected chi connectivity index (χ4v) is 2.35. The Bertz CT molecular complexity index is 475. The molecule has 1 aliphatic heterocycles. The number of rotatable bonds is 3. The van der Waals surface area contributed by atoms with Crippen LogP contribution in [0.4, 0.5) is 11.4 Å². The van der Waals surface area contributed by atoms with Gasteiger partial charge in [0.25, 0.3) is 0 Å². The number of methoxy groups -OCH3 is 1. The Hall–Kier alpha value is -1.91. The van der Waals surface area contributed by atoms with E-state index in [4.69, 9.17) is 16.2 Å². The van der Waals surface area contributed by atoms with Crippen molar-refractivity contribution in [2.75, 3.05) is 30.8 Å². The number of hydrogen-bond acceptors (Lipinski definition) is 4. The Kier molecular flexibility index (Phi) is 3.07. The summed E-state index contributed by atoms with van der Waals surface area (Å²) in [5.74, 6) is 0.395. The second kappa shape index (κ2) is 4.40. The Balaban J connectivity index is 2.27. The number of carbonyl (C=O) groups excluding carboxylic acids is 1. The molecule has 5 heteroatoms. The minimum absolute atomic E-state index is 0.258. The van der Waals surface area contributed by atoms with E-state index in [1.165, 1.54) is 0 Å². The van der Waals surface area contributed by atoms with Crippen LogP contribution in [0.25, 0.3) is 0 Å². The van der Waals surface area contributed by atoms with Gasteiger partial charge in [0.1, 0.15) is 5.75 Å². The number of ether oxygens (including phenoxy) is 1. The number of nitrogens with zero attached hydrogens (tertiary/aromatic N) is 1. The van der Waals surface area contributed by atoms with Gasteiger partial charge in [-0.1, -0.05) is 6.07 Å². The van der Waals surface area contributed by atoms with Crippen LogP contribution >= 0.6 is 0 Å². The lowest BCUT2D eigenvalue weighted by Gasteiger charge is -2.24. The van der Waals surface area contributed by atoms with E-state index in [1.807, 2.05) is 25.1 Å². The first kappa shape index (κ1) is 12.5. The summed E-state index contributed by atoms with van der Waals surface area (Å²) >= 11 is 0. The number of benzene rings is 1. The lowest BCUT2D eigenvalue weighted by molar-refractivity contribution is -0.125. The molecule has 1 fully saturated rings. The number of anilines is 2. The lowest BCUT2D eigenvalue weighted by Crippen LogP contribution is -2.37. The minimum atomic E-state index is -0.477. The maximum atomic E-state index is 11.4. The maximum absolute atomic E-state index is 11.4. The lowest BCUT2D eigenvalue weighted by atomic mass is 9.89. The summed E-state index contributed by atoms with van der Waals surface area (Å²) < 4.78 is 5.20. The van der Waals surface area contributed by atoms with Gasteiger partial charge < -0.3 is 21.1 Å². The standard InChI is InChI=1S/C13H19N3O2/c1-13(12(15)17)6-7-16(8-13)9-4-3-5-10(18-2)11(9)14/h3-5H,6-8,14H2,1-2H3,(H2,15,17). The van der Waals surface area contributed by atoms with Gasteiger partial charge in [-0.3, -0.25) is 4.79 Å². The molecule has 1 aromatic carbocycles. The summed E-state index contributed by atoms with van der Waals surface area (Å²) in [5, 5.41) is 0. The van der Waals surface area contributed by atoms with Crippen molar-refractivity contribution < 1.29 is 9.53 Å². The number of primary amides is 1. The molecule has 2 rings (SSSR count). The van der Waals surface area contributed by atoms with Gasteiger partial charge >= 0.3 is 0 Å². The Morgan fingerprint density at radius 2 is 2.22 bits per heavy atom. The van der Waals surface area contributed by atoms with Crippen LogP contribution in [0.5, 0.6) is 5.75 Å².